The van der Waals surface area contributed by atoms with Gasteiger partial charge in [0.1, 0.15) is 23.9 Å². The van der Waals surface area contributed by atoms with Crippen molar-refractivity contribution in [2.45, 2.75) is 103 Å². The molecule has 25 heteroatoms. The van der Waals surface area contributed by atoms with E-state index in [1.807, 2.05) is 13.2 Å². The molecule has 1 heterocycles. The Balaban J connectivity index is 2.78. The summed E-state index contributed by atoms with van der Waals surface area (Å²) in [4.78, 5) is 130. The lowest BCUT2D eigenvalue weighted by molar-refractivity contribution is -0.143. The van der Waals surface area contributed by atoms with Gasteiger partial charge in [-0.2, -0.15) is 11.8 Å². The van der Waals surface area contributed by atoms with Crippen LogP contribution in [0.3, 0.4) is 0 Å². The highest BCUT2D eigenvalue weighted by Gasteiger charge is 2.31. The lowest BCUT2D eigenvalue weighted by Gasteiger charge is -2.32. The summed E-state index contributed by atoms with van der Waals surface area (Å²) in [6, 6.07) is -3.83. The molecule has 0 aliphatic carbocycles. The molecule has 0 saturated carbocycles. The summed E-state index contributed by atoms with van der Waals surface area (Å²) in [5.41, 5.74) is 0. The molecule has 0 aromatic rings. The van der Waals surface area contributed by atoms with Crippen molar-refractivity contribution in [1.82, 2.24) is 51.5 Å². The number of nitrogens with one attached hydrogen (secondary N) is 6. The van der Waals surface area contributed by atoms with Gasteiger partial charge in [0.25, 0.3) is 0 Å². The molecule has 0 bridgehead atoms. The molecule has 394 valence electrons. The predicted octanol–water partition coefficient (Wildman–Crippen LogP) is -1.07. The van der Waals surface area contributed by atoms with E-state index in [0.29, 0.717) is 38.0 Å². The Kier molecular flexibility index (Phi) is 32.2. The highest BCUT2D eigenvalue weighted by atomic mass is 32.2. The van der Waals surface area contributed by atoms with Gasteiger partial charge in [0, 0.05) is 91.3 Å². The number of ketones is 1. The van der Waals surface area contributed by atoms with E-state index in [1.165, 1.54) is 11.8 Å². The van der Waals surface area contributed by atoms with Gasteiger partial charge < -0.3 is 52.3 Å². The van der Waals surface area contributed by atoms with Crippen LogP contribution in [0.15, 0.2) is 0 Å². The van der Waals surface area contributed by atoms with E-state index in [0.717, 1.165) is 19.3 Å². The zero-order valence-electron chi connectivity index (χ0n) is 40.8. The fourth-order valence-electron chi connectivity index (χ4n) is 7.18. The van der Waals surface area contributed by atoms with Gasteiger partial charge in [-0.05, 0) is 56.5 Å². The molecule has 24 nitrogen and oxygen atoms in total. The van der Waals surface area contributed by atoms with E-state index in [2.05, 4.69) is 31.9 Å². The molecule has 0 aromatic heterocycles. The third-order valence-electron chi connectivity index (χ3n) is 11.2. The van der Waals surface area contributed by atoms with Gasteiger partial charge in [0.05, 0.1) is 26.2 Å². The van der Waals surface area contributed by atoms with Crippen molar-refractivity contribution < 1.29 is 68.4 Å². The number of rotatable bonds is 33. The zero-order chi connectivity index (χ0) is 51.7. The number of hydrogen-bond donors (Lipinski definition) is 10. The second-order valence-electron chi connectivity index (χ2n) is 17.3. The number of urea groups is 1. The number of carboxylic acids is 4. The van der Waals surface area contributed by atoms with Crippen LogP contribution >= 0.6 is 11.8 Å². The van der Waals surface area contributed by atoms with Gasteiger partial charge in [0.2, 0.25) is 23.6 Å². The fourth-order valence-corrected chi connectivity index (χ4v) is 7.65. The Hall–Kier alpha value is -5.11. The molecule has 0 radical (unpaired) electrons. The van der Waals surface area contributed by atoms with Crippen molar-refractivity contribution in [3.63, 3.8) is 0 Å². The van der Waals surface area contributed by atoms with Crippen molar-refractivity contribution >= 4 is 71.1 Å². The summed E-state index contributed by atoms with van der Waals surface area (Å²) in [5, 5.41) is 54.2. The van der Waals surface area contributed by atoms with Crippen LogP contribution in [0.1, 0.15) is 85.0 Å². The lowest BCUT2D eigenvalue weighted by Crippen LogP contribution is -2.57. The van der Waals surface area contributed by atoms with Crippen molar-refractivity contribution in [2.24, 2.45) is 5.92 Å². The lowest BCUT2D eigenvalue weighted by atomic mass is 10.0. The first-order chi connectivity index (χ1) is 32.7. The second-order valence-corrected chi connectivity index (χ2v) is 18.3. The molecule has 0 aromatic carbocycles. The number of hydrogen-bond acceptors (Lipinski definition) is 15. The summed E-state index contributed by atoms with van der Waals surface area (Å²) in [7, 11) is 0. The Morgan fingerprint density at radius 3 is 1.46 bits per heavy atom. The van der Waals surface area contributed by atoms with E-state index in [4.69, 9.17) is 0 Å². The summed E-state index contributed by atoms with van der Waals surface area (Å²) in [6.07, 6.45) is 6.07. The molecule has 1 aliphatic rings. The van der Waals surface area contributed by atoms with Crippen LogP contribution in [-0.4, -0.2) is 228 Å². The van der Waals surface area contributed by atoms with Gasteiger partial charge in [0.15, 0.2) is 0 Å². The third kappa shape index (κ3) is 30.2. The molecule has 1 saturated heterocycles. The van der Waals surface area contributed by atoms with Crippen LogP contribution < -0.4 is 31.9 Å². The topological polar surface area (TPSA) is 337 Å². The Bertz CT molecular complexity index is 1630. The molecule has 1 fully saturated rings. The molecule has 1 aliphatic heterocycles. The SMILES string of the molecule is CCC(=O)CCCCCNC(=O)NCCCC[C@H](NC(=O)[C@@H](NC(=O)[C@H](CCSC)NC(=O)CCNC(=O)CN1CCN(CC(=O)O)CCN(CC(=O)O)CCN(CC(=O)O)CC1)C(C)C)C(=O)O. The molecule has 10 N–H and O–H groups in total. The number of Topliss-reactive ketones (excluding diaryl/α,β-unsaturated/α-hetero) is 1. The monoisotopic (exact) mass is 1000 g/mol. The zero-order valence-corrected chi connectivity index (χ0v) is 41.6. The minimum Gasteiger partial charge on any atom is -0.480 e. The second kappa shape index (κ2) is 35.9. The standard InChI is InChI=1S/C44H78N10O14S/c1-5-32(55)11-7-6-9-15-46-44(68)47-16-10-8-12-34(43(66)67)49-42(65)40(31(2)3)50-41(64)33(14-26-69-4)48-35(56)13-17-45-36(57)27-51-18-20-52(28-37(58)59)22-24-54(30-39(62)63)25-23-53(21-19-51)29-38(60)61/h31,33-34,40H,5-30H2,1-4H3,(H,45,57)(H,48,56)(H,49,65)(H,50,64)(H,58,59)(H,60,61)(H,62,63)(H,66,67)(H2,46,47,68)/t33-,34-,40-/m0/s1. The summed E-state index contributed by atoms with van der Waals surface area (Å²) in [6.45, 7) is 6.51. The quantitative estimate of drug-likeness (QED) is 0.0350. The molecule has 3 atom stereocenters. The molecule has 6 amide bonds. The average molecular weight is 1000 g/mol. The summed E-state index contributed by atoms with van der Waals surface area (Å²) >= 11 is 1.43. The predicted molar refractivity (Wildman–Crippen MR) is 257 cm³/mol. The molecule has 69 heavy (non-hydrogen) atoms. The number of thioether (sulfide) groups is 1. The normalized spacial score (nSPS) is 15.8. The number of unbranched alkanes of at least 4 members (excludes halogenated alkanes) is 3. The molecule has 0 spiro atoms. The number of carbonyl (C=O) groups excluding carboxylic acids is 6. The molecule has 1 rings (SSSR count). The van der Waals surface area contributed by atoms with Gasteiger partial charge in [-0.25, -0.2) is 9.59 Å². The Morgan fingerprint density at radius 1 is 0.522 bits per heavy atom. The Labute approximate surface area is 409 Å². The number of nitrogens with zero attached hydrogens (tertiary/aromatic N) is 4. The number of aliphatic carboxylic acids is 4. The van der Waals surface area contributed by atoms with Gasteiger partial charge in [-0.1, -0.05) is 27.2 Å². The van der Waals surface area contributed by atoms with Crippen LogP contribution in [0, 0.1) is 5.92 Å². The number of amides is 6. The average Bonchev–Trinajstić information content (AvgIpc) is 3.27. The van der Waals surface area contributed by atoms with Crippen LogP contribution in [0.2, 0.25) is 0 Å². The van der Waals surface area contributed by atoms with Crippen LogP contribution in [0.4, 0.5) is 4.79 Å². The maximum absolute atomic E-state index is 13.6. The fraction of sp³-hybridized carbons (Fsp3) is 0.773. The third-order valence-corrected chi connectivity index (χ3v) is 11.8. The van der Waals surface area contributed by atoms with Gasteiger partial charge in [-0.15, -0.1) is 0 Å². The van der Waals surface area contributed by atoms with Crippen molar-refractivity contribution in [3.8, 4) is 0 Å². The first-order valence-electron chi connectivity index (χ1n) is 23.7. The van der Waals surface area contributed by atoms with E-state index in [-0.39, 0.29) is 123 Å². The first-order valence-corrected chi connectivity index (χ1v) is 25.1. The Morgan fingerprint density at radius 2 is 1.01 bits per heavy atom. The van der Waals surface area contributed by atoms with Crippen molar-refractivity contribution in [2.75, 3.05) is 110 Å². The number of carbonyl (C=O) groups is 10. The molecular weight excluding hydrogens is 925 g/mol. The van der Waals surface area contributed by atoms with Crippen LogP contribution in [-0.2, 0) is 43.2 Å². The maximum Gasteiger partial charge on any atom is 0.326 e. The molecule has 0 unspecified atom stereocenters. The minimum absolute atomic E-state index is 0.0634. The van der Waals surface area contributed by atoms with E-state index >= 15 is 0 Å². The maximum atomic E-state index is 13.6. The van der Waals surface area contributed by atoms with E-state index < -0.39 is 71.5 Å². The first kappa shape index (κ1) is 61.9. The van der Waals surface area contributed by atoms with Crippen molar-refractivity contribution in [1.29, 1.82) is 0 Å². The summed E-state index contributed by atoms with van der Waals surface area (Å²) < 4.78 is 0. The van der Waals surface area contributed by atoms with E-state index in [9.17, 15) is 68.4 Å². The van der Waals surface area contributed by atoms with Crippen LogP contribution in [0.25, 0.3) is 0 Å². The van der Waals surface area contributed by atoms with Gasteiger partial charge >= 0.3 is 29.9 Å². The highest BCUT2D eigenvalue weighted by molar-refractivity contribution is 7.98. The highest BCUT2D eigenvalue weighted by Crippen LogP contribution is 2.09. The van der Waals surface area contributed by atoms with Crippen LogP contribution in [0.5, 0.6) is 0 Å². The van der Waals surface area contributed by atoms with Gasteiger partial charge in [-0.3, -0.25) is 58.0 Å². The van der Waals surface area contributed by atoms with E-state index in [1.54, 1.807) is 33.4 Å². The van der Waals surface area contributed by atoms with Crippen molar-refractivity contribution in [3.05, 3.63) is 0 Å². The largest absolute Gasteiger partial charge is 0.480 e. The number of carboxylic acid groups (broad SMARTS) is 4. The smallest absolute Gasteiger partial charge is 0.326 e. The molecular formula is C44H78N10O14S. The summed E-state index contributed by atoms with van der Waals surface area (Å²) in [5.74, 6) is -6.68. The minimum atomic E-state index is -1.27.